The Kier molecular flexibility index (Phi) is 4.74. The number of benzene rings is 2. The van der Waals surface area contributed by atoms with Crippen LogP contribution in [-0.4, -0.2) is 0 Å². The van der Waals surface area contributed by atoms with Crippen molar-refractivity contribution >= 4 is 15.9 Å². The number of nitrogens with two attached hydrogens (primary N) is 1. The zero-order valence-electron chi connectivity index (χ0n) is 11.4. The molecule has 0 radical (unpaired) electrons. The maximum atomic E-state index is 12.5. The lowest BCUT2D eigenvalue weighted by Crippen LogP contribution is -2.14. The first-order chi connectivity index (χ1) is 9.77. The maximum absolute atomic E-state index is 12.5. The molecule has 0 saturated heterocycles. The zero-order valence-corrected chi connectivity index (χ0v) is 13.0. The van der Waals surface area contributed by atoms with Gasteiger partial charge in [0.25, 0.3) is 0 Å². The van der Waals surface area contributed by atoms with E-state index in [0.29, 0.717) is 6.42 Å². The van der Waals surface area contributed by atoms with Gasteiger partial charge in [0, 0.05) is 10.5 Å². The Morgan fingerprint density at radius 1 is 1.10 bits per heavy atom. The van der Waals surface area contributed by atoms with Gasteiger partial charge in [0.15, 0.2) is 0 Å². The predicted octanol–water partition coefficient (Wildman–Crippen LogP) is 5.02. The summed E-state index contributed by atoms with van der Waals surface area (Å²) >= 11 is 3.47. The fraction of sp³-hybridized carbons (Fsp3) is 0.250. The van der Waals surface area contributed by atoms with Crippen molar-refractivity contribution in [3.63, 3.8) is 0 Å². The quantitative estimate of drug-likeness (QED) is 0.819. The van der Waals surface area contributed by atoms with Crippen LogP contribution in [0.4, 0.5) is 13.2 Å². The predicted molar refractivity (Wildman–Crippen MR) is 81.0 cm³/mol. The van der Waals surface area contributed by atoms with Crippen molar-refractivity contribution in [3.05, 3.63) is 69.2 Å². The molecule has 0 amide bonds. The van der Waals surface area contributed by atoms with E-state index in [1.165, 1.54) is 12.1 Å². The average Bonchev–Trinajstić information content (AvgIpc) is 2.38. The molecule has 0 spiro atoms. The summed E-state index contributed by atoms with van der Waals surface area (Å²) in [6.45, 7) is 1.98. The fourth-order valence-corrected chi connectivity index (χ4v) is 2.91. The van der Waals surface area contributed by atoms with Crippen LogP contribution in [0.3, 0.4) is 0 Å². The van der Waals surface area contributed by atoms with Crippen molar-refractivity contribution in [2.45, 2.75) is 25.6 Å². The molecule has 1 unspecified atom stereocenters. The molecule has 21 heavy (non-hydrogen) atoms. The van der Waals surface area contributed by atoms with Crippen LogP contribution in [0.15, 0.2) is 46.9 Å². The Balaban J connectivity index is 2.14. The van der Waals surface area contributed by atoms with Gasteiger partial charge in [-0.15, -0.1) is 0 Å². The van der Waals surface area contributed by atoms with E-state index in [2.05, 4.69) is 15.9 Å². The number of aryl methyl sites for hydroxylation is 1. The minimum absolute atomic E-state index is 0.267. The van der Waals surface area contributed by atoms with Crippen molar-refractivity contribution < 1.29 is 13.2 Å². The van der Waals surface area contributed by atoms with Crippen molar-refractivity contribution in [2.24, 2.45) is 5.73 Å². The highest BCUT2D eigenvalue weighted by Crippen LogP contribution is 2.30. The molecular weight excluding hydrogens is 343 g/mol. The first-order valence-corrected chi connectivity index (χ1v) is 7.24. The largest absolute Gasteiger partial charge is 0.416 e. The number of halogens is 4. The van der Waals surface area contributed by atoms with E-state index in [1.807, 2.05) is 25.1 Å². The molecule has 0 aliphatic carbocycles. The second-order valence-corrected chi connectivity index (χ2v) is 5.88. The van der Waals surface area contributed by atoms with E-state index >= 15 is 0 Å². The van der Waals surface area contributed by atoms with Gasteiger partial charge >= 0.3 is 6.18 Å². The van der Waals surface area contributed by atoms with E-state index in [4.69, 9.17) is 5.73 Å². The molecule has 0 aliphatic heterocycles. The fourth-order valence-electron chi connectivity index (χ4n) is 2.13. The minimum Gasteiger partial charge on any atom is -0.324 e. The number of hydrogen-bond acceptors (Lipinski definition) is 1. The highest BCUT2D eigenvalue weighted by Gasteiger charge is 2.29. The van der Waals surface area contributed by atoms with Gasteiger partial charge in [-0.2, -0.15) is 13.2 Å². The Morgan fingerprint density at radius 3 is 2.24 bits per heavy atom. The molecule has 0 aliphatic rings. The number of alkyl halides is 3. The van der Waals surface area contributed by atoms with Crippen LogP contribution in [0.5, 0.6) is 0 Å². The summed E-state index contributed by atoms with van der Waals surface area (Å²) in [5.74, 6) is 0. The van der Waals surface area contributed by atoms with Gasteiger partial charge in [-0.25, -0.2) is 0 Å². The van der Waals surface area contributed by atoms with Crippen LogP contribution in [0.2, 0.25) is 0 Å². The highest BCUT2D eigenvalue weighted by molar-refractivity contribution is 9.10. The normalized spacial score (nSPS) is 13.2. The third-order valence-corrected chi connectivity index (χ3v) is 3.98. The number of hydrogen-bond donors (Lipinski definition) is 1. The highest BCUT2D eigenvalue weighted by atomic mass is 79.9. The topological polar surface area (TPSA) is 26.0 Å². The molecule has 2 aromatic carbocycles. The molecule has 2 N–H and O–H groups in total. The molecule has 0 bridgehead atoms. The summed E-state index contributed by atoms with van der Waals surface area (Å²) in [7, 11) is 0. The summed E-state index contributed by atoms with van der Waals surface area (Å²) in [4.78, 5) is 0. The second kappa shape index (κ2) is 6.20. The van der Waals surface area contributed by atoms with Gasteiger partial charge in [0.1, 0.15) is 0 Å². The molecule has 0 aromatic heterocycles. The molecule has 5 heteroatoms. The smallest absolute Gasteiger partial charge is 0.324 e. The van der Waals surface area contributed by atoms with Gasteiger partial charge in [-0.05, 0) is 48.2 Å². The first-order valence-electron chi connectivity index (χ1n) is 6.45. The third-order valence-electron chi connectivity index (χ3n) is 3.29. The van der Waals surface area contributed by atoms with E-state index in [-0.39, 0.29) is 6.04 Å². The number of rotatable bonds is 3. The summed E-state index contributed by atoms with van der Waals surface area (Å²) in [5.41, 5.74) is 8.35. The molecule has 2 aromatic rings. The molecule has 0 saturated carbocycles. The van der Waals surface area contributed by atoms with E-state index in [0.717, 1.165) is 33.3 Å². The molecule has 112 valence electrons. The molecule has 2 rings (SSSR count). The van der Waals surface area contributed by atoms with Gasteiger partial charge < -0.3 is 5.73 Å². The van der Waals surface area contributed by atoms with Gasteiger partial charge in [0.05, 0.1) is 5.56 Å². The van der Waals surface area contributed by atoms with Crippen molar-refractivity contribution in [1.82, 2.24) is 0 Å². The minimum atomic E-state index is -4.30. The average molecular weight is 358 g/mol. The molecule has 1 nitrogen and oxygen atoms in total. The summed E-state index contributed by atoms with van der Waals surface area (Å²) < 4.78 is 38.4. The lowest BCUT2D eigenvalue weighted by atomic mass is 9.98. The standard InChI is InChI=1S/C16H15BrF3N/c1-10-2-7-13(14(17)8-10)15(21)9-11-3-5-12(6-4-11)16(18,19)20/h2-8,15H,9,21H2,1H3. The Bertz CT molecular complexity index is 620. The summed E-state index contributed by atoms with van der Waals surface area (Å²) in [5, 5.41) is 0. The van der Waals surface area contributed by atoms with E-state index in [9.17, 15) is 13.2 Å². The lowest BCUT2D eigenvalue weighted by molar-refractivity contribution is -0.137. The Morgan fingerprint density at radius 2 is 1.71 bits per heavy atom. The summed E-state index contributed by atoms with van der Waals surface area (Å²) in [6.07, 6.45) is -3.82. The van der Waals surface area contributed by atoms with Crippen LogP contribution < -0.4 is 5.73 Å². The van der Waals surface area contributed by atoms with Crippen molar-refractivity contribution in [3.8, 4) is 0 Å². The van der Waals surface area contributed by atoms with Crippen LogP contribution in [0.1, 0.15) is 28.3 Å². The van der Waals surface area contributed by atoms with Crippen molar-refractivity contribution in [1.29, 1.82) is 0 Å². The monoisotopic (exact) mass is 357 g/mol. The van der Waals surface area contributed by atoms with Crippen LogP contribution in [0, 0.1) is 6.92 Å². The zero-order chi connectivity index (χ0) is 15.6. The Labute approximate surface area is 130 Å². The SMILES string of the molecule is Cc1ccc(C(N)Cc2ccc(C(F)(F)F)cc2)c(Br)c1. The van der Waals surface area contributed by atoms with Crippen LogP contribution in [-0.2, 0) is 12.6 Å². The molecular formula is C16H15BrF3N. The van der Waals surface area contributed by atoms with Crippen molar-refractivity contribution in [2.75, 3.05) is 0 Å². The third kappa shape index (κ3) is 4.08. The molecule has 0 heterocycles. The van der Waals surface area contributed by atoms with Gasteiger partial charge in [-0.1, -0.05) is 40.2 Å². The maximum Gasteiger partial charge on any atom is 0.416 e. The van der Waals surface area contributed by atoms with E-state index in [1.54, 1.807) is 0 Å². The lowest BCUT2D eigenvalue weighted by Gasteiger charge is -2.15. The van der Waals surface area contributed by atoms with Crippen LogP contribution in [0.25, 0.3) is 0 Å². The second-order valence-electron chi connectivity index (χ2n) is 5.03. The molecule has 1 atom stereocenters. The molecule has 0 fully saturated rings. The summed E-state index contributed by atoms with van der Waals surface area (Å²) in [6, 6.07) is 10.7. The van der Waals surface area contributed by atoms with Gasteiger partial charge in [-0.3, -0.25) is 0 Å². The first kappa shape index (κ1) is 16.0. The Hall–Kier alpha value is -1.33. The van der Waals surface area contributed by atoms with E-state index < -0.39 is 11.7 Å². The van der Waals surface area contributed by atoms with Gasteiger partial charge in [0.2, 0.25) is 0 Å². The van der Waals surface area contributed by atoms with Crippen LogP contribution >= 0.6 is 15.9 Å².